The van der Waals surface area contributed by atoms with Gasteiger partial charge in [-0.3, -0.25) is 4.90 Å². The summed E-state index contributed by atoms with van der Waals surface area (Å²) in [5.41, 5.74) is 1.25. The van der Waals surface area contributed by atoms with E-state index in [1.54, 1.807) is 0 Å². The van der Waals surface area contributed by atoms with Gasteiger partial charge in [-0.25, -0.2) is 4.98 Å². The molecule has 1 N–H and O–H groups in total. The molecule has 2 saturated heterocycles. The number of aromatic nitrogens is 2. The molecule has 138 valence electrons. The maximum atomic E-state index is 6.09. The summed E-state index contributed by atoms with van der Waals surface area (Å²) in [6, 6.07) is 10.4. The molecule has 2 aliphatic heterocycles. The SMILES string of the molecule is Clc1cccc(CN2CCC(Nc3nccc(N4CCOCC4)n3)C2)c1. The van der Waals surface area contributed by atoms with E-state index in [9.17, 15) is 0 Å². The van der Waals surface area contributed by atoms with Crippen LogP contribution in [0, 0.1) is 0 Å². The van der Waals surface area contributed by atoms with Gasteiger partial charge >= 0.3 is 0 Å². The molecular formula is C19H24ClN5O. The topological polar surface area (TPSA) is 53.5 Å². The van der Waals surface area contributed by atoms with E-state index in [-0.39, 0.29) is 0 Å². The van der Waals surface area contributed by atoms with Crippen LogP contribution < -0.4 is 10.2 Å². The number of anilines is 2. The standard InChI is InChI=1S/C19H24ClN5O/c20-16-3-1-2-15(12-16)13-24-7-5-17(14-24)22-19-21-6-4-18(23-19)25-8-10-26-11-9-25/h1-4,6,12,17H,5,7-11,13-14H2,(H,21,22,23). The summed E-state index contributed by atoms with van der Waals surface area (Å²) in [7, 11) is 0. The van der Waals surface area contributed by atoms with E-state index >= 15 is 0 Å². The normalized spacial score (nSPS) is 21.1. The third kappa shape index (κ3) is 4.44. The Hall–Kier alpha value is -1.89. The van der Waals surface area contributed by atoms with Crippen LogP contribution in [0.3, 0.4) is 0 Å². The molecule has 0 spiro atoms. The molecule has 0 bridgehead atoms. The predicted molar refractivity (Wildman–Crippen MR) is 104 cm³/mol. The van der Waals surface area contributed by atoms with E-state index in [1.807, 2.05) is 30.5 Å². The largest absolute Gasteiger partial charge is 0.378 e. The maximum absolute atomic E-state index is 6.09. The van der Waals surface area contributed by atoms with Crippen LogP contribution in [-0.4, -0.2) is 60.3 Å². The number of hydrogen-bond donors (Lipinski definition) is 1. The Labute approximate surface area is 159 Å². The summed E-state index contributed by atoms with van der Waals surface area (Å²) in [5.74, 6) is 1.68. The second-order valence-electron chi connectivity index (χ2n) is 6.83. The van der Waals surface area contributed by atoms with Crippen LogP contribution in [-0.2, 0) is 11.3 Å². The number of rotatable bonds is 5. The summed E-state index contributed by atoms with van der Waals surface area (Å²) in [4.78, 5) is 13.8. The summed E-state index contributed by atoms with van der Waals surface area (Å²) < 4.78 is 5.41. The van der Waals surface area contributed by atoms with Crippen molar-refractivity contribution in [3.8, 4) is 0 Å². The molecule has 2 aliphatic rings. The highest BCUT2D eigenvalue weighted by Crippen LogP contribution is 2.19. The van der Waals surface area contributed by atoms with Crippen molar-refractivity contribution in [1.82, 2.24) is 14.9 Å². The summed E-state index contributed by atoms with van der Waals surface area (Å²) in [6.07, 6.45) is 2.92. The average Bonchev–Trinajstić information content (AvgIpc) is 3.09. The number of nitrogens with zero attached hydrogens (tertiary/aromatic N) is 4. The average molecular weight is 374 g/mol. The van der Waals surface area contributed by atoms with Crippen LogP contribution in [0.2, 0.25) is 5.02 Å². The number of nitrogens with one attached hydrogen (secondary N) is 1. The van der Waals surface area contributed by atoms with Crippen LogP contribution in [0.4, 0.5) is 11.8 Å². The highest BCUT2D eigenvalue weighted by molar-refractivity contribution is 6.30. The molecule has 0 radical (unpaired) electrons. The van der Waals surface area contributed by atoms with Crippen molar-refractivity contribution in [3.63, 3.8) is 0 Å². The van der Waals surface area contributed by atoms with Crippen LogP contribution >= 0.6 is 11.6 Å². The van der Waals surface area contributed by atoms with E-state index in [1.165, 1.54) is 5.56 Å². The number of benzene rings is 1. The van der Waals surface area contributed by atoms with Gasteiger partial charge in [-0.2, -0.15) is 4.98 Å². The van der Waals surface area contributed by atoms with Gasteiger partial charge in [0.25, 0.3) is 0 Å². The van der Waals surface area contributed by atoms with Gasteiger partial charge in [-0.05, 0) is 30.2 Å². The van der Waals surface area contributed by atoms with E-state index < -0.39 is 0 Å². The van der Waals surface area contributed by atoms with Crippen molar-refractivity contribution in [2.45, 2.75) is 19.0 Å². The highest BCUT2D eigenvalue weighted by atomic mass is 35.5. The molecule has 0 aliphatic carbocycles. The van der Waals surface area contributed by atoms with Crippen molar-refractivity contribution < 1.29 is 4.74 Å². The fraction of sp³-hybridized carbons (Fsp3) is 0.474. The minimum absolute atomic E-state index is 0.370. The van der Waals surface area contributed by atoms with Crippen molar-refractivity contribution in [3.05, 3.63) is 47.1 Å². The maximum Gasteiger partial charge on any atom is 0.224 e. The lowest BCUT2D eigenvalue weighted by Gasteiger charge is -2.28. The molecule has 3 heterocycles. The molecule has 2 aromatic rings. The first kappa shape index (κ1) is 17.5. The molecule has 1 unspecified atom stereocenters. The first-order valence-corrected chi connectivity index (χ1v) is 9.53. The number of likely N-dealkylation sites (tertiary alicyclic amines) is 1. The number of halogens is 1. The van der Waals surface area contributed by atoms with E-state index in [4.69, 9.17) is 21.3 Å². The van der Waals surface area contributed by atoms with Crippen molar-refractivity contribution in [2.75, 3.05) is 49.6 Å². The Bertz CT molecular complexity index is 737. The first-order chi connectivity index (χ1) is 12.8. The van der Waals surface area contributed by atoms with Gasteiger partial charge in [0.1, 0.15) is 5.82 Å². The molecule has 1 atom stereocenters. The lowest BCUT2D eigenvalue weighted by atomic mass is 10.2. The minimum atomic E-state index is 0.370. The smallest absolute Gasteiger partial charge is 0.224 e. The van der Waals surface area contributed by atoms with Crippen LogP contribution in [0.15, 0.2) is 36.5 Å². The summed E-state index contributed by atoms with van der Waals surface area (Å²) in [5, 5.41) is 4.30. The summed E-state index contributed by atoms with van der Waals surface area (Å²) >= 11 is 6.09. The van der Waals surface area contributed by atoms with Crippen molar-refractivity contribution in [1.29, 1.82) is 0 Å². The van der Waals surface area contributed by atoms with Gasteiger partial charge in [-0.15, -0.1) is 0 Å². The van der Waals surface area contributed by atoms with Gasteiger partial charge in [-0.1, -0.05) is 23.7 Å². The Morgan fingerprint density at radius 3 is 2.92 bits per heavy atom. The van der Waals surface area contributed by atoms with E-state index in [0.717, 1.165) is 63.2 Å². The second-order valence-corrected chi connectivity index (χ2v) is 7.27. The third-order valence-electron chi connectivity index (χ3n) is 4.88. The Balaban J connectivity index is 1.33. The molecule has 0 amide bonds. The zero-order valence-corrected chi connectivity index (χ0v) is 15.5. The second kappa shape index (κ2) is 8.20. The number of morpholine rings is 1. The number of ether oxygens (including phenoxy) is 1. The molecule has 7 heteroatoms. The molecule has 6 nitrogen and oxygen atoms in total. The minimum Gasteiger partial charge on any atom is -0.378 e. The fourth-order valence-electron chi connectivity index (χ4n) is 3.56. The monoisotopic (exact) mass is 373 g/mol. The van der Waals surface area contributed by atoms with Crippen LogP contribution in [0.5, 0.6) is 0 Å². The van der Waals surface area contributed by atoms with E-state index in [2.05, 4.69) is 26.2 Å². The third-order valence-corrected chi connectivity index (χ3v) is 5.11. The molecular weight excluding hydrogens is 350 g/mol. The van der Waals surface area contributed by atoms with Crippen LogP contribution in [0.1, 0.15) is 12.0 Å². The Morgan fingerprint density at radius 1 is 1.19 bits per heavy atom. The van der Waals surface area contributed by atoms with Gasteiger partial charge in [0.15, 0.2) is 0 Å². The molecule has 0 saturated carbocycles. The van der Waals surface area contributed by atoms with Gasteiger partial charge < -0.3 is 15.0 Å². The quantitative estimate of drug-likeness (QED) is 0.869. The predicted octanol–water partition coefficient (Wildman–Crippen LogP) is 2.65. The van der Waals surface area contributed by atoms with Gasteiger partial charge in [0.2, 0.25) is 5.95 Å². The lowest BCUT2D eigenvalue weighted by Crippen LogP contribution is -2.37. The molecule has 26 heavy (non-hydrogen) atoms. The first-order valence-electron chi connectivity index (χ1n) is 9.15. The van der Waals surface area contributed by atoms with Gasteiger partial charge in [0, 0.05) is 50.0 Å². The zero-order valence-electron chi connectivity index (χ0n) is 14.8. The Kier molecular flexibility index (Phi) is 5.53. The molecule has 1 aromatic carbocycles. The molecule has 1 aromatic heterocycles. The van der Waals surface area contributed by atoms with Crippen molar-refractivity contribution in [2.24, 2.45) is 0 Å². The highest BCUT2D eigenvalue weighted by Gasteiger charge is 2.23. The van der Waals surface area contributed by atoms with Gasteiger partial charge in [0.05, 0.1) is 13.2 Å². The lowest BCUT2D eigenvalue weighted by molar-refractivity contribution is 0.122. The molecule has 4 rings (SSSR count). The number of hydrogen-bond acceptors (Lipinski definition) is 6. The Morgan fingerprint density at radius 2 is 2.08 bits per heavy atom. The zero-order chi connectivity index (χ0) is 17.8. The molecule has 2 fully saturated rings. The summed E-state index contributed by atoms with van der Waals surface area (Å²) in [6.45, 7) is 6.25. The van der Waals surface area contributed by atoms with E-state index in [0.29, 0.717) is 12.0 Å². The fourth-order valence-corrected chi connectivity index (χ4v) is 3.77. The van der Waals surface area contributed by atoms with Crippen molar-refractivity contribution >= 4 is 23.4 Å². The van der Waals surface area contributed by atoms with Crippen LogP contribution in [0.25, 0.3) is 0 Å².